The van der Waals surface area contributed by atoms with E-state index in [0.717, 1.165) is 25.4 Å². The van der Waals surface area contributed by atoms with Crippen LogP contribution in [0.4, 0.5) is 8.78 Å². The largest absolute Gasteiger partial charge is 0.328 e. The Balaban J connectivity index is 3.02. The van der Waals surface area contributed by atoms with Crippen LogP contribution in [-0.2, 0) is 10.0 Å². The first-order chi connectivity index (χ1) is 7.34. The minimum Gasteiger partial charge on any atom is -0.328 e. The number of aromatic nitrogens is 1. The van der Waals surface area contributed by atoms with Gasteiger partial charge in [0.1, 0.15) is 0 Å². The zero-order chi connectivity index (χ0) is 12.3. The van der Waals surface area contributed by atoms with Crippen LogP contribution in [0.1, 0.15) is 0 Å². The Hall–Kier alpha value is -1.28. The Morgan fingerprint density at radius 2 is 2.06 bits per heavy atom. The minimum absolute atomic E-state index is 0.227. The molecule has 0 aliphatic heterocycles. The highest BCUT2D eigenvalue weighted by Gasteiger charge is 2.23. The SMILES string of the molecule is CN(CC(F)F)S(=O)(=O)c1ccc(=O)[nH]c1. The number of hydrogen-bond donors (Lipinski definition) is 1. The maximum atomic E-state index is 12.0. The lowest BCUT2D eigenvalue weighted by Crippen LogP contribution is -2.31. The van der Waals surface area contributed by atoms with Crippen molar-refractivity contribution < 1.29 is 17.2 Å². The van der Waals surface area contributed by atoms with Crippen molar-refractivity contribution in [3.8, 4) is 0 Å². The molecule has 1 aromatic heterocycles. The van der Waals surface area contributed by atoms with Crippen LogP contribution < -0.4 is 5.56 Å². The molecule has 1 rings (SSSR count). The van der Waals surface area contributed by atoms with Crippen molar-refractivity contribution in [3.63, 3.8) is 0 Å². The predicted molar refractivity (Wildman–Crippen MR) is 52.9 cm³/mol. The van der Waals surface area contributed by atoms with Gasteiger partial charge in [0.05, 0.1) is 11.4 Å². The normalized spacial score (nSPS) is 12.3. The first kappa shape index (κ1) is 12.8. The van der Waals surface area contributed by atoms with Crippen LogP contribution >= 0.6 is 0 Å². The molecule has 8 heteroatoms. The Labute approximate surface area is 90.8 Å². The first-order valence-corrected chi connectivity index (χ1v) is 5.71. The molecule has 0 atom stereocenters. The fourth-order valence-electron chi connectivity index (χ4n) is 1.03. The molecule has 0 aliphatic carbocycles. The monoisotopic (exact) mass is 252 g/mol. The molecule has 0 saturated heterocycles. The molecule has 0 aromatic carbocycles. The van der Waals surface area contributed by atoms with Gasteiger partial charge in [-0.2, -0.15) is 4.31 Å². The molecule has 0 amide bonds. The second kappa shape index (κ2) is 4.71. The van der Waals surface area contributed by atoms with Gasteiger partial charge in [-0.1, -0.05) is 0 Å². The van der Waals surface area contributed by atoms with Crippen LogP contribution in [0.25, 0.3) is 0 Å². The number of aromatic amines is 1. The van der Waals surface area contributed by atoms with E-state index in [1.807, 2.05) is 0 Å². The second-order valence-corrected chi connectivity index (χ2v) is 5.11. The highest BCUT2D eigenvalue weighted by Crippen LogP contribution is 2.12. The maximum Gasteiger partial charge on any atom is 0.252 e. The van der Waals surface area contributed by atoms with Crippen LogP contribution in [0.2, 0.25) is 0 Å². The predicted octanol–water partition coefficient (Wildman–Crippen LogP) is 0.261. The molecule has 0 saturated carbocycles. The summed E-state index contributed by atoms with van der Waals surface area (Å²) in [6, 6.07) is 2.08. The van der Waals surface area contributed by atoms with E-state index in [4.69, 9.17) is 0 Å². The average Bonchev–Trinajstić information content (AvgIpc) is 2.17. The third kappa shape index (κ3) is 2.86. The van der Waals surface area contributed by atoms with Crippen molar-refractivity contribution in [3.05, 3.63) is 28.7 Å². The standard InChI is InChI=1S/C8H10F2N2O3S/c1-12(5-7(9)10)16(14,15)6-2-3-8(13)11-4-6/h2-4,7H,5H2,1H3,(H,11,13). The molecule has 1 N–H and O–H groups in total. The summed E-state index contributed by atoms with van der Waals surface area (Å²) in [5.41, 5.74) is -0.463. The van der Waals surface area contributed by atoms with Crippen LogP contribution in [0.5, 0.6) is 0 Å². The molecule has 0 aliphatic rings. The average molecular weight is 252 g/mol. The van der Waals surface area contributed by atoms with E-state index in [9.17, 15) is 22.0 Å². The minimum atomic E-state index is -3.97. The van der Waals surface area contributed by atoms with Gasteiger partial charge in [-0.05, 0) is 6.07 Å². The van der Waals surface area contributed by atoms with Crippen molar-refractivity contribution in [1.29, 1.82) is 0 Å². The number of sulfonamides is 1. The van der Waals surface area contributed by atoms with E-state index in [1.165, 1.54) is 0 Å². The van der Waals surface area contributed by atoms with Gasteiger partial charge in [0.2, 0.25) is 15.6 Å². The molecule has 0 radical (unpaired) electrons. The molecule has 0 fully saturated rings. The van der Waals surface area contributed by atoms with E-state index in [0.29, 0.717) is 4.31 Å². The van der Waals surface area contributed by atoms with Gasteiger partial charge in [-0.3, -0.25) is 4.79 Å². The number of pyridine rings is 1. The van der Waals surface area contributed by atoms with Gasteiger partial charge in [0.15, 0.2) is 0 Å². The van der Waals surface area contributed by atoms with Gasteiger partial charge >= 0.3 is 0 Å². The van der Waals surface area contributed by atoms with Crippen LogP contribution in [0.15, 0.2) is 28.0 Å². The summed E-state index contributed by atoms with van der Waals surface area (Å²) in [5.74, 6) is 0. The Morgan fingerprint density at radius 1 is 1.44 bits per heavy atom. The fourth-order valence-corrected chi connectivity index (χ4v) is 2.15. The Kier molecular flexibility index (Phi) is 3.76. The lowest BCUT2D eigenvalue weighted by atomic mass is 10.5. The van der Waals surface area contributed by atoms with Crippen LogP contribution in [0.3, 0.4) is 0 Å². The summed E-state index contributed by atoms with van der Waals surface area (Å²) in [4.78, 5) is 12.7. The summed E-state index contributed by atoms with van der Waals surface area (Å²) < 4.78 is 47.9. The summed E-state index contributed by atoms with van der Waals surface area (Å²) in [5, 5.41) is 0. The topological polar surface area (TPSA) is 70.2 Å². The number of rotatable bonds is 4. The van der Waals surface area contributed by atoms with Gasteiger partial charge in [0, 0.05) is 19.3 Å². The lowest BCUT2D eigenvalue weighted by molar-refractivity contribution is 0.126. The molecule has 5 nitrogen and oxygen atoms in total. The quantitative estimate of drug-likeness (QED) is 0.835. The molecule has 0 spiro atoms. The number of alkyl halides is 2. The zero-order valence-electron chi connectivity index (χ0n) is 8.35. The molecule has 1 heterocycles. The fraction of sp³-hybridized carbons (Fsp3) is 0.375. The highest BCUT2D eigenvalue weighted by atomic mass is 32.2. The molecule has 90 valence electrons. The maximum absolute atomic E-state index is 12.0. The highest BCUT2D eigenvalue weighted by molar-refractivity contribution is 7.89. The first-order valence-electron chi connectivity index (χ1n) is 4.27. The van der Waals surface area contributed by atoms with Crippen molar-refractivity contribution in [2.75, 3.05) is 13.6 Å². The molecule has 0 bridgehead atoms. The molecule has 1 aromatic rings. The van der Waals surface area contributed by atoms with Crippen molar-refractivity contribution in [2.45, 2.75) is 11.3 Å². The summed E-state index contributed by atoms with van der Waals surface area (Å²) >= 11 is 0. The smallest absolute Gasteiger partial charge is 0.252 e. The molecule has 0 unspecified atom stereocenters. The van der Waals surface area contributed by atoms with E-state index < -0.39 is 28.6 Å². The molecular weight excluding hydrogens is 242 g/mol. The van der Waals surface area contributed by atoms with E-state index in [1.54, 1.807) is 0 Å². The third-order valence-corrected chi connectivity index (χ3v) is 3.68. The number of nitrogens with one attached hydrogen (secondary N) is 1. The van der Waals surface area contributed by atoms with Crippen LogP contribution in [-0.4, -0.2) is 37.7 Å². The van der Waals surface area contributed by atoms with E-state index >= 15 is 0 Å². The van der Waals surface area contributed by atoms with E-state index in [2.05, 4.69) is 4.98 Å². The number of H-pyrrole nitrogens is 1. The van der Waals surface area contributed by atoms with Gasteiger partial charge in [-0.15, -0.1) is 0 Å². The number of nitrogens with zero attached hydrogens (tertiary/aromatic N) is 1. The van der Waals surface area contributed by atoms with Crippen molar-refractivity contribution in [1.82, 2.24) is 9.29 Å². The Bertz CT molecular complexity index is 492. The van der Waals surface area contributed by atoms with Crippen molar-refractivity contribution >= 4 is 10.0 Å². The number of halogens is 2. The second-order valence-electron chi connectivity index (χ2n) is 3.07. The van der Waals surface area contributed by atoms with Crippen molar-refractivity contribution in [2.24, 2.45) is 0 Å². The lowest BCUT2D eigenvalue weighted by Gasteiger charge is -2.16. The Morgan fingerprint density at radius 3 is 2.50 bits per heavy atom. The summed E-state index contributed by atoms with van der Waals surface area (Å²) in [7, 11) is -2.92. The molecular formula is C8H10F2N2O3S. The van der Waals surface area contributed by atoms with Crippen LogP contribution in [0, 0.1) is 0 Å². The van der Waals surface area contributed by atoms with Gasteiger partial charge in [0.25, 0.3) is 6.43 Å². The molecule has 16 heavy (non-hydrogen) atoms. The summed E-state index contributed by atoms with van der Waals surface area (Å²) in [6.07, 6.45) is -1.78. The van der Waals surface area contributed by atoms with Gasteiger partial charge < -0.3 is 4.98 Å². The van der Waals surface area contributed by atoms with E-state index in [-0.39, 0.29) is 4.90 Å². The van der Waals surface area contributed by atoms with Gasteiger partial charge in [-0.25, -0.2) is 17.2 Å². The third-order valence-electron chi connectivity index (χ3n) is 1.86. The summed E-state index contributed by atoms with van der Waals surface area (Å²) in [6.45, 7) is -0.887. The zero-order valence-corrected chi connectivity index (χ0v) is 9.17. The number of hydrogen-bond acceptors (Lipinski definition) is 3.